The first-order valence-electron chi connectivity index (χ1n) is 5.19. The minimum atomic E-state index is 0.129. The maximum Gasteiger partial charge on any atom is 0.0589 e. The van der Waals surface area contributed by atoms with E-state index in [4.69, 9.17) is 21.4 Å². The van der Waals surface area contributed by atoms with E-state index in [0.29, 0.717) is 24.7 Å². The molecule has 0 saturated heterocycles. The molecule has 1 aromatic rings. The van der Waals surface area contributed by atoms with E-state index in [-0.39, 0.29) is 6.61 Å². The number of methoxy groups -OCH3 is 1. The Hall–Kier alpha value is -0.680. The monoisotopic (exact) mass is 244 g/mol. The lowest BCUT2D eigenvalue weighted by atomic mass is 10.3. The molecule has 0 saturated carbocycles. The van der Waals surface area contributed by atoms with Crippen LogP contribution in [0.15, 0.2) is 18.3 Å². The van der Waals surface area contributed by atoms with E-state index in [1.54, 1.807) is 19.4 Å². The number of hydrogen-bond donors (Lipinski definition) is 1. The van der Waals surface area contributed by atoms with Gasteiger partial charge in [0.15, 0.2) is 0 Å². The summed E-state index contributed by atoms with van der Waals surface area (Å²) in [6.45, 7) is 2.82. The van der Waals surface area contributed by atoms with Crippen LogP contribution in [0.1, 0.15) is 5.69 Å². The maximum absolute atomic E-state index is 8.94. The first-order valence-corrected chi connectivity index (χ1v) is 5.56. The lowest BCUT2D eigenvalue weighted by molar-refractivity contribution is 0.126. The standard InChI is InChI=1S/C11H17ClN2O2/c1-16-7-5-14(4-6-15)9-11-8-10(12)2-3-13-11/h2-3,8,15H,4-7,9H2,1H3. The van der Waals surface area contributed by atoms with E-state index >= 15 is 0 Å². The van der Waals surface area contributed by atoms with Crippen LogP contribution >= 0.6 is 11.6 Å². The van der Waals surface area contributed by atoms with Crippen molar-refractivity contribution in [2.75, 3.05) is 33.4 Å². The van der Waals surface area contributed by atoms with Crippen LogP contribution in [0.3, 0.4) is 0 Å². The summed E-state index contributed by atoms with van der Waals surface area (Å²) in [5.41, 5.74) is 0.900. The number of rotatable bonds is 7. The van der Waals surface area contributed by atoms with E-state index in [1.165, 1.54) is 0 Å². The summed E-state index contributed by atoms with van der Waals surface area (Å²) in [6.07, 6.45) is 1.69. The number of aromatic nitrogens is 1. The zero-order valence-electron chi connectivity index (χ0n) is 9.40. The average Bonchev–Trinajstić information content (AvgIpc) is 2.26. The van der Waals surface area contributed by atoms with Crippen LogP contribution in [0.4, 0.5) is 0 Å². The summed E-state index contributed by atoms with van der Waals surface area (Å²) < 4.78 is 5.01. The maximum atomic E-state index is 8.94. The minimum Gasteiger partial charge on any atom is -0.395 e. The second-order valence-electron chi connectivity index (χ2n) is 3.46. The van der Waals surface area contributed by atoms with Crippen LogP contribution in [-0.2, 0) is 11.3 Å². The average molecular weight is 245 g/mol. The Balaban J connectivity index is 2.52. The van der Waals surface area contributed by atoms with Crippen LogP contribution in [0.25, 0.3) is 0 Å². The fraction of sp³-hybridized carbons (Fsp3) is 0.545. The van der Waals surface area contributed by atoms with Crippen molar-refractivity contribution in [3.63, 3.8) is 0 Å². The molecule has 0 unspecified atom stereocenters. The van der Waals surface area contributed by atoms with Crippen LogP contribution in [-0.4, -0.2) is 48.4 Å². The third-order valence-corrected chi connectivity index (χ3v) is 2.43. The molecule has 0 atom stereocenters. The highest BCUT2D eigenvalue weighted by Gasteiger charge is 2.06. The molecular formula is C11H17ClN2O2. The second-order valence-corrected chi connectivity index (χ2v) is 3.89. The van der Waals surface area contributed by atoms with E-state index in [0.717, 1.165) is 12.2 Å². The van der Waals surface area contributed by atoms with Crippen LogP contribution in [0.2, 0.25) is 5.02 Å². The van der Waals surface area contributed by atoms with Gasteiger partial charge in [0, 0.05) is 38.0 Å². The summed E-state index contributed by atoms with van der Waals surface area (Å²) >= 11 is 5.88. The van der Waals surface area contributed by atoms with Crippen molar-refractivity contribution in [3.8, 4) is 0 Å². The van der Waals surface area contributed by atoms with Gasteiger partial charge in [-0.1, -0.05) is 11.6 Å². The molecule has 0 amide bonds. The van der Waals surface area contributed by atoms with Gasteiger partial charge in [-0.3, -0.25) is 9.88 Å². The smallest absolute Gasteiger partial charge is 0.0589 e. The first kappa shape index (κ1) is 13.4. The molecule has 0 radical (unpaired) electrons. The van der Waals surface area contributed by atoms with E-state index < -0.39 is 0 Å². The van der Waals surface area contributed by atoms with Gasteiger partial charge in [0.25, 0.3) is 0 Å². The van der Waals surface area contributed by atoms with Gasteiger partial charge in [0.2, 0.25) is 0 Å². The SMILES string of the molecule is COCCN(CCO)Cc1cc(Cl)ccn1. The van der Waals surface area contributed by atoms with Crippen LogP contribution in [0.5, 0.6) is 0 Å². The first-order chi connectivity index (χ1) is 7.76. The molecule has 0 aliphatic rings. The largest absolute Gasteiger partial charge is 0.395 e. The fourth-order valence-electron chi connectivity index (χ4n) is 1.40. The minimum absolute atomic E-state index is 0.129. The highest BCUT2D eigenvalue weighted by atomic mass is 35.5. The molecule has 0 aliphatic heterocycles. The molecule has 1 N–H and O–H groups in total. The number of halogens is 1. The number of ether oxygens (including phenoxy) is 1. The predicted molar refractivity (Wildman–Crippen MR) is 63.5 cm³/mol. The number of pyridine rings is 1. The third-order valence-electron chi connectivity index (χ3n) is 2.19. The second kappa shape index (κ2) is 7.57. The summed E-state index contributed by atoms with van der Waals surface area (Å²) in [6, 6.07) is 3.58. The molecule has 1 aromatic heterocycles. The zero-order chi connectivity index (χ0) is 11.8. The molecule has 0 fully saturated rings. The molecule has 5 heteroatoms. The molecule has 0 bridgehead atoms. The van der Waals surface area contributed by atoms with Gasteiger partial charge >= 0.3 is 0 Å². The quantitative estimate of drug-likeness (QED) is 0.782. The third kappa shape index (κ3) is 4.90. The lowest BCUT2D eigenvalue weighted by Crippen LogP contribution is -2.30. The molecule has 1 rings (SSSR count). The highest BCUT2D eigenvalue weighted by molar-refractivity contribution is 6.30. The molecule has 4 nitrogen and oxygen atoms in total. The van der Waals surface area contributed by atoms with Gasteiger partial charge in [-0.05, 0) is 12.1 Å². The fourth-order valence-corrected chi connectivity index (χ4v) is 1.58. The Morgan fingerprint density at radius 3 is 2.94 bits per heavy atom. The van der Waals surface area contributed by atoms with Crippen molar-refractivity contribution in [3.05, 3.63) is 29.0 Å². The topological polar surface area (TPSA) is 45.6 Å². The summed E-state index contributed by atoms with van der Waals surface area (Å²) in [7, 11) is 1.66. The van der Waals surface area contributed by atoms with Crippen molar-refractivity contribution in [2.45, 2.75) is 6.54 Å². The van der Waals surface area contributed by atoms with Crippen molar-refractivity contribution in [1.29, 1.82) is 0 Å². The summed E-state index contributed by atoms with van der Waals surface area (Å²) in [5, 5.41) is 9.62. The number of aliphatic hydroxyl groups excluding tert-OH is 1. The molecule has 0 spiro atoms. The number of hydrogen-bond acceptors (Lipinski definition) is 4. The molecule has 0 aliphatic carbocycles. The molecular weight excluding hydrogens is 228 g/mol. The van der Waals surface area contributed by atoms with Gasteiger partial charge in [0.05, 0.1) is 18.9 Å². The number of aliphatic hydroxyl groups is 1. The van der Waals surface area contributed by atoms with Crippen LogP contribution in [0, 0.1) is 0 Å². The van der Waals surface area contributed by atoms with Gasteiger partial charge in [-0.15, -0.1) is 0 Å². The molecule has 1 heterocycles. The van der Waals surface area contributed by atoms with Crippen molar-refractivity contribution in [1.82, 2.24) is 9.88 Å². The van der Waals surface area contributed by atoms with Gasteiger partial charge in [0.1, 0.15) is 0 Å². The van der Waals surface area contributed by atoms with Gasteiger partial charge in [-0.2, -0.15) is 0 Å². The zero-order valence-corrected chi connectivity index (χ0v) is 10.2. The molecule has 0 aromatic carbocycles. The van der Waals surface area contributed by atoms with E-state index in [1.807, 2.05) is 6.07 Å². The molecule has 90 valence electrons. The Morgan fingerprint density at radius 2 is 2.31 bits per heavy atom. The van der Waals surface area contributed by atoms with E-state index in [2.05, 4.69) is 9.88 Å². The number of nitrogens with zero attached hydrogens (tertiary/aromatic N) is 2. The predicted octanol–water partition coefficient (Wildman–Crippen LogP) is 1.18. The molecule has 16 heavy (non-hydrogen) atoms. The van der Waals surface area contributed by atoms with Gasteiger partial charge in [-0.25, -0.2) is 0 Å². The normalized spacial score (nSPS) is 11.0. The van der Waals surface area contributed by atoms with E-state index in [9.17, 15) is 0 Å². The highest BCUT2D eigenvalue weighted by Crippen LogP contribution is 2.09. The van der Waals surface area contributed by atoms with Gasteiger partial charge < -0.3 is 9.84 Å². The van der Waals surface area contributed by atoms with Crippen molar-refractivity contribution >= 4 is 11.6 Å². The lowest BCUT2D eigenvalue weighted by Gasteiger charge is -2.20. The van der Waals surface area contributed by atoms with Crippen molar-refractivity contribution in [2.24, 2.45) is 0 Å². The Labute approximate surface area is 101 Å². The van der Waals surface area contributed by atoms with Crippen LogP contribution < -0.4 is 0 Å². The Bertz CT molecular complexity index is 310. The Morgan fingerprint density at radius 1 is 1.50 bits per heavy atom. The Kier molecular flexibility index (Phi) is 6.33. The van der Waals surface area contributed by atoms with Crippen molar-refractivity contribution < 1.29 is 9.84 Å². The summed E-state index contributed by atoms with van der Waals surface area (Å²) in [5.74, 6) is 0. The summed E-state index contributed by atoms with van der Waals surface area (Å²) in [4.78, 5) is 6.29.